The van der Waals surface area contributed by atoms with Gasteiger partial charge < -0.3 is 15.7 Å². The molecule has 1 aliphatic heterocycles. The molecule has 41 heavy (non-hydrogen) atoms. The van der Waals surface area contributed by atoms with E-state index in [1.807, 2.05) is 30.3 Å². The van der Waals surface area contributed by atoms with Crippen LogP contribution in [0.3, 0.4) is 0 Å². The van der Waals surface area contributed by atoms with Crippen LogP contribution in [-0.2, 0) is 30.2 Å². The Bertz CT molecular complexity index is 1300. The number of phenols is 1. The zero-order valence-electron chi connectivity index (χ0n) is 25.5. The fourth-order valence-electron chi connectivity index (χ4n) is 5.55. The molecule has 3 aromatic carbocycles. The number of urea groups is 1. The molecule has 1 aliphatic rings. The summed E-state index contributed by atoms with van der Waals surface area (Å²) in [5, 5.41) is 18.1. The number of nitrogens with zero attached hydrogens (tertiary/aromatic N) is 1. The number of piperidine rings is 1. The number of carbonyl (C=O) groups excluding carboxylic acids is 1. The Labute approximate surface area is 251 Å². The lowest BCUT2D eigenvalue weighted by Gasteiger charge is -2.32. The molecule has 0 aliphatic carbocycles. The number of anilines is 1. The third-order valence-electron chi connectivity index (χ3n) is 7.98. The Kier molecular flexibility index (Phi) is 9.71. The molecule has 0 atom stereocenters. The number of para-hydroxylation sites is 1. The van der Waals surface area contributed by atoms with Crippen LogP contribution in [0.4, 0.5) is 10.5 Å². The Morgan fingerprint density at radius 2 is 1.46 bits per heavy atom. The summed E-state index contributed by atoms with van der Waals surface area (Å²) in [6.45, 7) is 15.6. The molecule has 220 valence electrons. The minimum atomic E-state index is -0.163. The van der Waals surface area contributed by atoms with Crippen LogP contribution in [0.2, 0.25) is 5.02 Å². The van der Waals surface area contributed by atoms with Gasteiger partial charge in [0.15, 0.2) is 0 Å². The van der Waals surface area contributed by atoms with Crippen molar-refractivity contribution in [1.29, 1.82) is 0 Å². The van der Waals surface area contributed by atoms with E-state index in [0.717, 1.165) is 72.7 Å². The van der Waals surface area contributed by atoms with Crippen molar-refractivity contribution in [2.24, 2.45) is 0 Å². The van der Waals surface area contributed by atoms with Gasteiger partial charge in [-0.15, -0.1) is 0 Å². The van der Waals surface area contributed by atoms with Gasteiger partial charge in [-0.1, -0.05) is 95.6 Å². The second-order valence-corrected chi connectivity index (χ2v) is 13.9. The number of phenolic OH excluding ortho intramolecular Hbond substituents is 1. The van der Waals surface area contributed by atoms with Gasteiger partial charge in [0.05, 0.1) is 0 Å². The van der Waals surface area contributed by atoms with Crippen LogP contribution >= 0.6 is 11.6 Å². The second kappa shape index (κ2) is 12.9. The monoisotopic (exact) mass is 575 g/mol. The number of nitrogens with one attached hydrogen (secondary N) is 2. The topological polar surface area (TPSA) is 64.6 Å². The number of halogens is 1. The molecule has 0 spiro atoms. The third-order valence-corrected chi connectivity index (χ3v) is 8.23. The van der Waals surface area contributed by atoms with Crippen LogP contribution < -0.4 is 10.6 Å². The highest BCUT2D eigenvalue weighted by Gasteiger charge is 2.26. The maximum absolute atomic E-state index is 13.0. The van der Waals surface area contributed by atoms with Gasteiger partial charge in [-0.25, -0.2) is 4.79 Å². The molecule has 4 rings (SSSR count). The zero-order valence-corrected chi connectivity index (χ0v) is 26.2. The van der Waals surface area contributed by atoms with Gasteiger partial charge in [-0.05, 0) is 82.5 Å². The van der Waals surface area contributed by atoms with Crippen molar-refractivity contribution >= 4 is 23.3 Å². The Balaban J connectivity index is 1.35. The SMILES string of the molecule is CC(C)(C)c1cc(CCc2ccccc2NC(=O)NC2CCN(Cc3ccc(Cl)cc3)CC2)cc(C(C)(C)C)c1O. The van der Waals surface area contributed by atoms with Crippen molar-refractivity contribution in [3.05, 3.63) is 93.5 Å². The van der Waals surface area contributed by atoms with Crippen LogP contribution in [0.15, 0.2) is 60.7 Å². The van der Waals surface area contributed by atoms with Crippen molar-refractivity contribution in [3.8, 4) is 5.75 Å². The molecular weight excluding hydrogens is 530 g/mol. The summed E-state index contributed by atoms with van der Waals surface area (Å²) in [5.41, 5.74) is 6.02. The molecule has 0 radical (unpaired) electrons. The molecule has 0 aromatic heterocycles. The lowest BCUT2D eigenvalue weighted by molar-refractivity contribution is 0.190. The van der Waals surface area contributed by atoms with Crippen molar-refractivity contribution in [2.75, 3.05) is 18.4 Å². The zero-order chi connectivity index (χ0) is 29.8. The molecule has 5 nitrogen and oxygen atoms in total. The van der Waals surface area contributed by atoms with E-state index in [4.69, 9.17) is 11.6 Å². The van der Waals surface area contributed by atoms with E-state index < -0.39 is 0 Å². The number of aromatic hydroxyl groups is 1. The Morgan fingerprint density at radius 1 is 0.878 bits per heavy atom. The van der Waals surface area contributed by atoms with Gasteiger partial charge in [0.2, 0.25) is 0 Å². The minimum absolute atomic E-state index is 0.150. The molecule has 0 bridgehead atoms. The summed E-state index contributed by atoms with van der Waals surface area (Å²) < 4.78 is 0. The predicted molar refractivity (Wildman–Crippen MR) is 171 cm³/mol. The molecule has 0 unspecified atom stereocenters. The van der Waals surface area contributed by atoms with Gasteiger partial charge >= 0.3 is 6.03 Å². The van der Waals surface area contributed by atoms with Gasteiger partial charge in [0, 0.05) is 36.4 Å². The summed E-state index contributed by atoms with van der Waals surface area (Å²) >= 11 is 6.01. The van der Waals surface area contributed by atoms with Crippen LogP contribution in [0, 0.1) is 0 Å². The summed E-state index contributed by atoms with van der Waals surface area (Å²) in [7, 11) is 0. The van der Waals surface area contributed by atoms with E-state index in [1.165, 1.54) is 11.1 Å². The molecule has 3 aromatic rings. The van der Waals surface area contributed by atoms with Gasteiger partial charge in [0.1, 0.15) is 5.75 Å². The van der Waals surface area contributed by atoms with E-state index in [0.29, 0.717) is 5.75 Å². The average Bonchev–Trinajstić information content (AvgIpc) is 2.90. The molecule has 1 saturated heterocycles. The Morgan fingerprint density at radius 3 is 2.05 bits per heavy atom. The second-order valence-electron chi connectivity index (χ2n) is 13.5. The normalized spacial score (nSPS) is 15.1. The lowest BCUT2D eigenvalue weighted by atomic mass is 9.78. The molecular formula is C35H46ClN3O2. The quantitative estimate of drug-likeness (QED) is 0.266. The summed E-state index contributed by atoms with van der Waals surface area (Å²) in [4.78, 5) is 15.4. The maximum Gasteiger partial charge on any atom is 0.319 e. The van der Waals surface area contributed by atoms with E-state index in [1.54, 1.807) is 0 Å². The first-order chi connectivity index (χ1) is 19.3. The smallest absolute Gasteiger partial charge is 0.319 e. The van der Waals surface area contributed by atoms with Crippen molar-refractivity contribution in [2.45, 2.75) is 90.6 Å². The van der Waals surface area contributed by atoms with Crippen molar-refractivity contribution < 1.29 is 9.90 Å². The highest BCUT2D eigenvalue weighted by Crippen LogP contribution is 2.40. The first-order valence-corrected chi connectivity index (χ1v) is 15.2. The van der Waals surface area contributed by atoms with E-state index >= 15 is 0 Å². The number of benzene rings is 3. The number of likely N-dealkylation sites (tertiary alicyclic amines) is 1. The number of hydrogen-bond acceptors (Lipinski definition) is 3. The van der Waals surface area contributed by atoms with Crippen LogP contribution in [0.1, 0.15) is 82.2 Å². The molecule has 0 saturated carbocycles. The first kappa shape index (κ1) is 30.9. The summed E-state index contributed by atoms with van der Waals surface area (Å²) in [5.74, 6) is 0.406. The number of rotatable bonds is 7. The average molecular weight is 576 g/mol. The van der Waals surface area contributed by atoms with Crippen LogP contribution in [0.25, 0.3) is 0 Å². The molecule has 1 heterocycles. The third kappa shape index (κ3) is 8.50. The van der Waals surface area contributed by atoms with Gasteiger partial charge in [-0.3, -0.25) is 4.90 Å². The number of carbonyl (C=O) groups is 1. The highest BCUT2D eigenvalue weighted by atomic mass is 35.5. The highest BCUT2D eigenvalue weighted by molar-refractivity contribution is 6.30. The fourth-order valence-corrected chi connectivity index (χ4v) is 5.67. The maximum atomic E-state index is 13.0. The van der Waals surface area contributed by atoms with Gasteiger partial charge in [0.25, 0.3) is 0 Å². The summed E-state index contributed by atoms with van der Waals surface area (Å²) in [6, 6.07) is 20.4. The van der Waals surface area contributed by atoms with Crippen LogP contribution in [0.5, 0.6) is 5.75 Å². The molecule has 6 heteroatoms. The standard InChI is InChI=1S/C35H46ClN3O2/c1-34(2,3)29-21-25(22-30(32(29)40)35(4,5)6)11-14-26-9-7-8-10-31(26)38-33(41)37-28-17-19-39(20-18-28)23-24-12-15-27(36)16-13-24/h7-10,12-13,15-16,21-22,28,40H,11,14,17-20,23H2,1-6H3,(H2,37,38,41). The molecule has 3 N–H and O–H groups in total. The Hall–Kier alpha value is -3.02. The first-order valence-electron chi connectivity index (χ1n) is 14.8. The van der Waals surface area contributed by atoms with Gasteiger partial charge in [-0.2, -0.15) is 0 Å². The number of hydrogen-bond donors (Lipinski definition) is 3. The van der Waals surface area contributed by atoms with Crippen LogP contribution in [-0.4, -0.2) is 35.2 Å². The predicted octanol–water partition coefficient (Wildman–Crippen LogP) is 8.21. The lowest BCUT2D eigenvalue weighted by Crippen LogP contribution is -2.45. The van der Waals surface area contributed by atoms with Crippen molar-refractivity contribution in [3.63, 3.8) is 0 Å². The van der Waals surface area contributed by atoms with E-state index in [-0.39, 0.29) is 22.9 Å². The molecule has 2 amide bonds. The van der Waals surface area contributed by atoms with E-state index in [2.05, 4.69) is 87.4 Å². The van der Waals surface area contributed by atoms with Crippen molar-refractivity contribution in [1.82, 2.24) is 10.2 Å². The number of amides is 2. The molecule has 1 fully saturated rings. The largest absolute Gasteiger partial charge is 0.507 e. The number of aryl methyl sites for hydroxylation is 2. The fraction of sp³-hybridized carbons (Fsp3) is 0.457. The summed E-state index contributed by atoms with van der Waals surface area (Å²) in [6.07, 6.45) is 3.46. The van der Waals surface area contributed by atoms with E-state index in [9.17, 15) is 9.90 Å². The minimum Gasteiger partial charge on any atom is -0.507 e.